The van der Waals surface area contributed by atoms with Crippen LogP contribution in [0.3, 0.4) is 0 Å². The van der Waals surface area contributed by atoms with Crippen LogP contribution in [-0.2, 0) is 7.05 Å². The van der Waals surface area contributed by atoms with E-state index in [1.807, 2.05) is 24.7 Å². The van der Waals surface area contributed by atoms with Crippen molar-refractivity contribution in [3.63, 3.8) is 0 Å². The lowest BCUT2D eigenvalue weighted by Crippen LogP contribution is -2.06. The summed E-state index contributed by atoms with van der Waals surface area (Å²) in [6.45, 7) is 2.03. The molecule has 5 heteroatoms. The third-order valence-electron chi connectivity index (χ3n) is 3.84. The van der Waals surface area contributed by atoms with Crippen LogP contribution in [0.1, 0.15) is 49.5 Å². The maximum atomic E-state index is 4.62. The fourth-order valence-corrected chi connectivity index (χ4v) is 2.62. The summed E-state index contributed by atoms with van der Waals surface area (Å²) in [5.74, 6) is 2.32. The van der Waals surface area contributed by atoms with E-state index in [1.165, 1.54) is 32.1 Å². The van der Waals surface area contributed by atoms with Crippen molar-refractivity contribution in [3.05, 3.63) is 17.6 Å². The molecule has 0 aliphatic heterocycles. The van der Waals surface area contributed by atoms with E-state index in [0.717, 1.165) is 23.0 Å². The molecule has 96 valence electrons. The average Bonchev–Trinajstić information content (AvgIpc) is 2.99. The van der Waals surface area contributed by atoms with Gasteiger partial charge >= 0.3 is 0 Å². The lowest BCUT2D eigenvalue weighted by molar-refractivity contribution is 0.429. The van der Waals surface area contributed by atoms with E-state index in [1.54, 1.807) is 0 Å². The first-order chi connectivity index (χ1) is 8.74. The molecule has 1 aliphatic carbocycles. The highest BCUT2D eigenvalue weighted by Crippen LogP contribution is 2.31. The molecule has 18 heavy (non-hydrogen) atoms. The van der Waals surface area contributed by atoms with Crippen molar-refractivity contribution in [2.45, 2.75) is 44.9 Å². The van der Waals surface area contributed by atoms with E-state index >= 15 is 0 Å². The Kier molecular flexibility index (Phi) is 2.89. The van der Waals surface area contributed by atoms with Gasteiger partial charge in [0.2, 0.25) is 5.82 Å². The van der Waals surface area contributed by atoms with Crippen molar-refractivity contribution < 1.29 is 0 Å². The molecule has 3 rings (SSSR count). The highest BCUT2D eigenvalue weighted by molar-refractivity contribution is 5.48. The number of nitrogens with one attached hydrogen (secondary N) is 1. The van der Waals surface area contributed by atoms with Gasteiger partial charge in [0.15, 0.2) is 0 Å². The van der Waals surface area contributed by atoms with Crippen molar-refractivity contribution >= 4 is 0 Å². The summed E-state index contributed by atoms with van der Waals surface area (Å²) in [7, 11) is 1.94. The van der Waals surface area contributed by atoms with Gasteiger partial charge in [0.05, 0.1) is 0 Å². The zero-order valence-corrected chi connectivity index (χ0v) is 11.0. The van der Waals surface area contributed by atoms with Crippen molar-refractivity contribution in [3.8, 4) is 11.5 Å². The van der Waals surface area contributed by atoms with E-state index in [0.29, 0.717) is 5.92 Å². The average molecular weight is 245 g/mol. The molecule has 1 saturated carbocycles. The van der Waals surface area contributed by atoms with Gasteiger partial charge in [0, 0.05) is 18.7 Å². The Hall–Kier alpha value is -1.65. The van der Waals surface area contributed by atoms with Gasteiger partial charge in [-0.05, 0) is 25.8 Å². The molecular weight excluding hydrogens is 226 g/mol. The van der Waals surface area contributed by atoms with Crippen LogP contribution in [0, 0.1) is 6.92 Å². The number of nitrogens with zero attached hydrogens (tertiary/aromatic N) is 4. The summed E-state index contributed by atoms with van der Waals surface area (Å²) in [5, 5.41) is 11.8. The Labute approximate surface area is 107 Å². The summed E-state index contributed by atoms with van der Waals surface area (Å²) < 4.78 is 1.85. The third kappa shape index (κ3) is 2.05. The molecule has 2 aromatic heterocycles. The molecule has 0 amide bonds. The monoisotopic (exact) mass is 245 g/mol. The van der Waals surface area contributed by atoms with Gasteiger partial charge in [-0.1, -0.05) is 19.3 Å². The van der Waals surface area contributed by atoms with Crippen molar-refractivity contribution in [1.29, 1.82) is 0 Å². The fraction of sp³-hybridized carbons (Fsp3) is 0.615. The fourth-order valence-electron chi connectivity index (χ4n) is 2.62. The summed E-state index contributed by atoms with van der Waals surface area (Å²) >= 11 is 0. The number of aromatic amines is 1. The van der Waals surface area contributed by atoms with Gasteiger partial charge in [-0.3, -0.25) is 9.78 Å². The quantitative estimate of drug-likeness (QED) is 0.884. The van der Waals surface area contributed by atoms with Crippen LogP contribution in [0.2, 0.25) is 0 Å². The van der Waals surface area contributed by atoms with Crippen molar-refractivity contribution in [1.82, 2.24) is 25.0 Å². The van der Waals surface area contributed by atoms with Crippen molar-refractivity contribution in [2.24, 2.45) is 7.05 Å². The number of aryl methyl sites for hydroxylation is 2. The first-order valence-electron chi connectivity index (χ1n) is 6.67. The van der Waals surface area contributed by atoms with Crippen LogP contribution < -0.4 is 0 Å². The molecule has 0 radical (unpaired) electrons. The van der Waals surface area contributed by atoms with Crippen LogP contribution in [-0.4, -0.2) is 25.0 Å². The number of H-pyrrole nitrogens is 1. The van der Waals surface area contributed by atoms with E-state index in [-0.39, 0.29) is 0 Å². The number of hydrogen-bond acceptors (Lipinski definition) is 3. The van der Waals surface area contributed by atoms with E-state index in [2.05, 4.69) is 20.3 Å². The van der Waals surface area contributed by atoms with Crippen LogP contribution in [0.5, 0.6) is 0 Å². The maximum absolute atomic E-state index is 4.62. The molecule has 2 heterocycles. The molecule has 1 aliphatic rings. The minimum Gasteiger partial charge on any atom is -0.272 e. The normalized spacial score (nSPS) is 17.2. The molecule has 0 unspecified atom stereocenters. The lowest BCUT2D eigenvalue weighted by atomic mass is 9.89. The van der Waals surface area contributed by atoms with Crippen LogP contribution in [0.15, 0.2) is 6.07 Å². The van der Waals surface area contributed by atoms with Crippen LogP contribution >= 0.6 is 0 Å². The SMILES string of the molecule is Cc1cc(-c2n[nH]c(C3CCCCC3)n2)nn1C. The molecule has 0 saturated heterocycles. The second-order valence-corrected chi connectivity index (χ2v) is 5.17. The smallest absolute Gasteiger partial charge is 0.201 e. The first-order valence-corrected chi connectivity index (χ1v) is 6.67. The Balaban J connectivity index is 1.84. The molecule has 0 spiro atoms. The second kappa shape index (κ2) is 4.55. The number of hydrogen-bond donors (Lipinski definition) is 1. The third-order valence-corrected chi connectivity index (χ3v) is 3.84. The largest absolute Gasteiger partial charge is 0.272 e. The summed E-state index contributed by atoms with van der Waals surface area (Å²) in [6.07, 6.45) is 6.44. The van der Waals surface area contributed by atoms with Gasteiger partial charge in [-0.2, -0.15) is 10.2 Å². The molecule has 1 N–H and O–H groups in total. The summed E-state index contributed by atoms with van der Waals surface area (Å²) in [4.78, 5) is 4.62. The zero-order chi connectivity index (χ0) is 12.5. The maximum Gasteiger partial charge on any atom is 0.201 e. The van der Waals surface area contributed by atoms with E-state index < -0.39 is 0 Å². The highest BCUT2D eigenvalue weighted by atomic mass is 15.3. The molecule has 0 aromatic carbocycles. The summed E-state index contributed by atoms with van der Waals surface area (Å²) in [5.41, 5.74) is 1.97. The number of rotatable bonds is 2. The van der Waals surface area contributed by atoms with Gasteiger partial charge < -0.3 is 0 Å². The first kappa shape index (κ1) is 11.4. The molecule has 1 fully saturated rings. The lowest BCUT2D eigenvalue weighted by Gasteiger charge is -2.18. The van der Waals surface area contributed by atoms with Crippen LogP contribution in [0.25, 0.3) is 11.5 Å². The molecule has 2 aromatic rings. The van der Waals surface area contributed by atoms with Gasteiger partial charge in [-0.25, -0.2) is 4.98 Å². The Bertz CT molecular complexity index is 514. The number of aromatic nitrogens is 5. The van der Waals surface area contributed by atoms with E-state index in [9.17, 15) is 0 Å². The molecule has 5 nitrogen and oxygen atoms in total. The van der Waals surface area contributed by atoms with Crippen molar-refractivity contribution in [2.75, 3.05) is 0 Å². The molecule has 0 atom stereocenters. The van der Waals surface area contributed by atoms with Gasteiger partial charge in [-0.15, -0.1) is 0 Å². The Morgan fingerprint density at radius 3 is 2.72 bits per heavy atom. The molecule has 0 bridgehead atoms. The Morgan fingerprint density at radius 1 is 1.28 bits per heavy atom. The highest BCUT2D eigenvalue weighted by Gasteiger charge is 2.20. The minimum absolute atomic E-state index is 0.560. The predicted molar refractivity (Wildman–Crippen MR) is 69.1 cm³/mol. The second-order valence-electron chi connectivity index (χ2n) is 5.17. The topological polar surface area (TPSA) is 59.4 Å². The van der Waals surface area contributed by atoms with Gasteiger partial charge in [0.25, 0.3) is 0 Å². The van der Waals surface area contributed by atoms with E-state index in [4.69, 9.17) is 0 Å². The van der Waals surface area contributed by atoms with Crippen LogP contribution in [0.4, 0.5) is 0 Å². The summed E-state index contributed by atoms with van der Waals surface area (Å²) in [6, 6.07) is 2.02. The molecular formula is C13H19N5. The zero-order valence-electron chi connectivity index (χ0n) is 11.0. The minimum atomic E-state index is 0.560. The van der Waals surface area contributed by atoms with Gasteiger partial charge in [0.1, 0.15) is 11.5 Å². The Morgan fingerprint density at radius 2 is 2.06 bits per heavy atom. The predicted octanol–water partition coefficient (Wildman–Crippen LogP) is 2.56. The standard InChI is InChI=1S/C13H19N5/c1-9-8-11(17-18(9)2)13-14-12(15-16-13)10-6-4-3-5-7-10/h8,10H,3-7H2,1-2H3,(H,14,15,16).